The Morgan fingerprint density at radius 2 is 2.29 bits per heavy atom. The highest BCUT2D eigenvalue weighted by Gasteiger charge is 2.27. The van der Waals surface area contributed by atoms with E-state index in [0.29, 0.717) is 12.5 Å². The summed E-state index contributed by atoms with van der Waals surface area (Å²) < 4.78 is 4.27. The molecule has 0 radical (unpaired) electrons. The highest BCUT2D eigenvalue weighted by atomic mass is 32.1. The van der Waals surface area contributed by atoms with Gasteiger partial charge in [0.25, 0.3) is 0 Å². The first-order valence-electron chi connectivity index (χ1n) is 4.84. The summed E-state index contributed by atoms with van der Waals surface area (Å²) >= 11 is 1.38. The van der Waals surface area contributed by atoms with Crippen molar-refractivity contribution in [2.75, 3.05) is 11.9 Å². The highest BCUT2D eigenvalue weighted by molar-refractivity contribution is 7.09. The van der Waals surface area contributed by atoms with Gasteiger partial charge in [0.15, 0.2) is 0 Å². The highest BCUT2D eigenvalue weighted by Crippen LogP contribution is 2.39. The topological polar surface area (TPSA) is 58.0 Å². The van der Waals surface area contributed by atoms with Crippen LogP contribution in [0.5, 0.6) is 0 Å². The zero-order valence-corrected chi connectivity index (χ0v) is 9.27. The number of anilines is 1. The third-order valence-corrected chi connectivity index (χ3v) is 2.74. The van der Waals surface area contributed by atoms with Crippen LogP contribution in [0.3, 0.4) is 0 Å². The zero-order valence-electron chi connectivity index (χ0n) is 8.45. The molecule has 5 heteroatoms. The molecule has 2 rings (SSSR count). The molecule has 1 fully saturated rings. The smallest absolute Gasteiger partial charge is 0.202 e. The quantitative estimate of drug-likeness (QED) is 0.797. The zero-order chi connectivity index (χ0) is 10.2. The van der Waals surface area contributed by atoms with Crippen LogP contribution in [0.25, 0.3) is 0 Å². The molecule has 1 aliphatic rings. The molecule has 2 N–H and O–H groups in total. The first kappa shape index (κ1) is 9.86. The summed E-state index contributed by atoms with van der Waals surface area (Å²) in [5.74, 6) is 1.57. The van der Waals surface area contributed by atoms with E-state index in [4.69, 9.17) is 0 Å². The molecule has 14 heavy (non-hydrogen) atoms. The summed E-state index contributed by atoms with van der Waals surface area (Å²) in [5.41, 5.74) is -0.703. The third kappa shape index (κ3) is 2.65. The molecule has 0 amide bonds. The molecule has 1 saturated carbocycles. The molecule has 0 aromatic carbocycles. The monoisotopic (exact) mass is 213 g/mol. The molecule has 0 spiro atoms. The first-order valence-corrected chi connectivity index (χ1v) is 5.62. The van der Waals surface area contributed by atoms with E-state index >= 15 is 0 Å². The number of aromatic nitrogens is 2. The van der Waals surface area contributed by atoms with Crippen molar-refractivity contribution in [2.45, 2.75) is 38.2 Å². The minimum atomic E-state index is -0.703. The van der Waals surface area contributed by atoms with Crippen molar-refractivity contribution < 1.29 is 5.11 Å². The van der Waals surface area contributed by atoms with E-state index in [1.165, 1.54) is 24.4 Å². The number of hydrogen-bond acceptors (Lipinski definition) is 5. The second-order valence-electron chi connectivity index (χ2n) is 4.40. The van der Waals surface area contributed by atoms with E-state index in [2.05, 4.69) is 14.7 Å². The van der Waals surface area contributed by atoms with Gasteiger partial charge in [-0.3, -0.25) is 0 Å². The molecule has 4 nitrogen and oxygen atoms in total. The van der Waals surface area contributed by atoms with Crippen molar-refractivity contribution in [1.82, 2.24) is 9.36 Å². The third-order valence-electron chi connectivity index (χ3n) is 2.06. The molecular formula is C9H15N3OS. The van der Waals surface area contributed by atoms with Crippen LogP contribution in [0.4, 0.5) is 5.13 Å². The van der Waals surface area contributed by atoms with Crippen LogP contribution >= 0.6 is 11.5 Å². The van der Waals surface area contributed by atoms with Crippen molar-refractivity contribution in [3.8, 4) is 0 Å². The number of hydrogen-bond donors (Lipinski definition) is 2. The normalized spacial score (nSPS) is 17.1. The summed E-state index contributed by atoms with van der Waals surface area (Å²) in [4.78, 5) is 4.36. The lowest BCUT2D eigenvalue weighted by atomic mass is 10.1. The van der Waals surface area contributed by atoms with Gasteiger partial charge in [-0.25, -0.2) is 4.98 Å². The number of rotatable bonds is 4. The average Bonchev–Trinajstić information content (AvgIpc) is 2.81. The van der Waals surface area contributed by atoms with Crippen LogP contribution in [0.2, 0.25) is 0 Å². The average molecular weight is 213 g/mol. The summed E-state index contributed by atoms with van der Waals surface area (Å²) in [6, 6.07) is 0. The SMILES string of the molecule is CC(C)(O)CNc1nc(C2CC2)ns1. The molecule has 78 valence electrons. The fourth-order valence-electron chi connectivity index (χ4n) is 1.11. The van der Waals surface area contributed by atoms with Crippen LogP contribution in [0.15, 0.2) is 0 Å². The molecule has 0 aliphatic heterocycles. The van der Waals surface area contributed by atoms with Gasteiger partial charge in [0.2, 0.25) is 5.13 Å². The van der Waals surface area contributed by atoms with E-state index < -0.39 is 5.60 Å². The summed E-state index contributed by atoms with van der Waals surface area (Å²) in [7, 11) is 0. The molecule has 0 saturated heterocycles. The molecule has 1 aromatic rings. The maximum absolute atomic E-state index is 9.50. The van der Waals surface area contributed by atoms with E-state index in [9.17, 15) is 5.11 Å². The minimum Gasteiger partial charge on any atom is -0.389 e. The van der Waals surface area contributed by atoms with E-state index in [-0.39, 0.29) is 0 Å². The maximum atomic E-state index is 9.50. The molecular weight excluding hydrogens is 198 g/mol. The lowest BCUT2D eigenvalue weighted by Gasteiger charge is -2.16. The van der Waals surface area contributed by atoms with Crippen LogP contribution in [-0.4, -0.2) is 26.6 Å². The van der Waals surface area contributed by atoms with Gasteiger partial charge in [-0.05, 0) is 26.7 Å². The number of nitrogens with one attached hydrogen (secondary N) is 1. The van der Waals surface area contributed by atoms with Crippen molar-refractivity contribution in [2.24, 2.45) is 0 Å². The molecule has 0 unspecified atom stereocenters. The maximum Gasteiger partial charge on any atom is 0.202 e. The Morgan fingerprint density at radius 3 is 2.86 bits per heavy atom. The van der Waals surface area contributed by atoms with Crippen LogP contribution in [0, 0.1) is 0 Å². The number of aliphatic hydroxyl groups is 1. The fraction of sp³-hybridized carbons (Fsp3) is 0.778. The van der Waals surface area contributed by atoms with Crippen molar-refractivity contribution in [1.29, 1.82) is 0 Å². The summed E-state index contributed by atoms with van der Waals surface area (Å²) in [5, 5.41) is 13.4. The summed E-state index contributed by atoms with van der Waals surface area (Å²) in [6.07, 6.45) is 2.45. The van der Waals surface area contributed by atoms with Gasteiger partial charge >= 0.3 is 0 Å². The minimum absolute atomic E-state index is 0.506. The van der Waals surface area contributed by atoms with Crippen molar-refractivity contribution in [3.63, 3.8) is 0 Å². The molecule has 0 atom stereocenters. The predicted octanol–water partition coefficient (Wildman–Crippen LogP) is 1.60. The standard InChI is InChI=1S/C9H15N3OS/c1-9(2,13)5-10-8-11-7(12-14-8)6-3-4-6/h6,13H,3-5H2,1-2H3,(H,10,11,12). The molecule has 1 heterocycles. The van der Waals surface area contributed by atoms with Gasteiger partial charge in [-0.15, -0.1) is 0 Å². The Bertz CT molecular complexity index is 314. The van der Waals surface area contributed by atoms with Crippen LogP contribution in [0.1, 0.15) is 38.4 Å². The number of nitrogens with zero attached hydrogens (tertiary/aromatic N) is 2. The van der Waals surface area contributed by atoms with Gasteiger partial charge in [0, 0.05) is 24.0 Å². The Hall–Kier alpha value is -0.680. The largest absolute Gasteiger partial charge is 0.389 e. The molecule has 1 aromatic heterocycles. The first-order chi connectivity index (χ1) is 6.54. The van der Waals surface area contributed by atoms with E-state index in [1.54, 1.807) is 13.8 Å². The second kappa shape index (κ2) is 3.47. The Balaban J connectivity index is 1.90. The van der Waals surface area contributed by atoms with Crippen molar-refractivity contribution >= 4 is 16.7 Å². The van der Waals surface area contributed by atoms with Gasteiger partial charge in [-0.2, -0.15) is 4.37 Å². The van der Waals surface area contributed by atoms with Gasteiger partial charge in [0.05, 0.1) is 5.60 Å². The Morgan fingerprint density at radius 1 is 1.57 bits per heavy atom. The van der Waals surface area contributed by atoms with E-state index in [1.807, 2.05) is 0 Å². The Kier molecular flexibility index (Phi) is 2.45. The predicted molar refractivity (Wildman–Crippen MR) is 56.7 cm³/mol. The Labute approximate surface area is 87.5 Å². The molecule has 1 aliphatic carbocycles. The lowest BCUT2D eigenvalue weighted by Crippen LogP contribution is -2.29. The summed E-state index contributed by atoms with van der Waals surface area (Å²) in [6.45, 7) is 4.04. The lowest BCUT2D eigenvalue weighted by molar-refractivity contribution is 0.0945. The van der Waals surface area contributed by atoms with Gasteiger partial charge < -0.3 is 10.4 Å². The van der Waals surface area contributed by atoms with Crippen LogP contribution in [-0.2, 0) is 0 Å². The van der Waals surface area contributed by atoms with Crippen molar-refractivity contribution in [3.05, 3.63) is 5.82 Å². The van der Waals surface area contributed by atoms with Crippen LogP contribution < -0.4 is 5.32 Å². The fourth-order valence-corrected chi connectivity index (χ4v) is 1.75. The van der Waals surface area contributed by atoms with E-state index in [0.717, 1.165) is 11.0 Å². The second-order valence-corrected chi connectivity index (χ2v) is 5.15. The van der Waals surface area contributed by atoms with Gasteiger partial charge in [-0.1, -0.05) is 0 Å². The molecule has 0 bridgehead atoms. The van der Waals surface area contributed by atoms with Gasteiger partial charge in [0.1, 0.15) is 5.82 Å².